The van der Waals surface area contributed by atoms with Gasteiger partial charge in [-0.1, -0.05) is 24.6 Å². The van der Waals surface area contributed by atoms with Crippen molar-refractivity contribution < 1.29 is 0 Å². The molecule has 2 aliphatic rings. The van der Waals surface area contributed by atoms with Gasteiger partial charge in [0.05, 0.1) is 0 Å². The smallest absolute Gasteiger partial charge is 0.0430 e. The van der Waals surface area contributed by atoms with Crippen LogP contribution in [0.4, 0.5) is 5.69 Å². The van der Waals surface area contributed by atoms with Crippen LogP contribution in [0.3, 0.4) is 0 Å². The van der Waals surface area contributed by atoms with Gasteiger partial charge < -0.3 is 10.2 Å². The third-order valence-electron chi connectivity index (χ3n) is 5.31. The second kappa shape index (κ2) is 6.00. The van der Waals surface area contributed by atoms with E-state index in [1.165, 1.54) is 61.0 Å². The molecule has 2 aliphatic heterocycles. The monoisotopic (exact) mass is 286 g/mol. The lowest BCUT2D eigenvalue weighted by Gasteiger charge is -2.42. The Labute approximate surface area is 129 Å². The fourth-order valence-electron chi connectivity index (χ4n) is 4.64. The van der Waals surface area contributed by atoms with Crippen LogP contribution in [0.25, 0.3) is 0 Å². The van der Waals surface area contributed by atoms with Crippen LogP contribution >= 0.6 is 0 Å². The molecule has 0 aromatic heterocycles. The Bertz CT molecular complexity index is 471. The molecule has 0 aliphatic carbocycles. The second-order valence-corrected chi connectivity index (χ2v) is 7.16. The van der Waals surface area contributed by atoms with E-state index < -0.39 is 0 Å². The summed E-state index contributed by atoms with van der Waals surface area (Å²) in [5.74, 6) is 0. The molecule has 2 unspecified atom stereocenters. The van der Waals surface area contributed by atoms with E-state index in [4.69, 9.17) is 0 Å². The van der Waals surface area contributed by atoms with E-state index >= 15 is 0 Å². The van der Waals surface area contributed by atoms with Crippen molar-refractivity contribution in [1.29, 1.82) is 0 Å². The molecule has 21 heavy (non-hydrogen) atoms. The molecular weight excluding hydrogens is 256 g/mol. The zero-order valence-corrected chi connectivity index (χ0v) is 14.1. The van der Waals surface area contributed by atoms with E-state index in [0.717, 1.165) is 18.1 Å². The molecule has 116 valence electrons. The summed E-state index contributed by atoms with van der Waals surface area (Å²) >= 11 is 0. The van der Waals surface area contributed by atoms with E-state index in [2.05, 4.69) is 50.0 Å². The van der Waals surface area contributed by atoms with Gasteiger partial charge in [0, 0.05) is 23.8 Å². The van der Waals surface area contributed by atoms with Crippen molar-refractivity contribution in [3.05, 3.63) is 28.8 Å². The maximum atomic E-state index is 3.76. The summed E-state index contributed by atoms with van der Waals surface area (Å²) < 4.78 is 0. The number of anilines is 1. The number of rotatable bonds is 4. The topological polar surface area (TPSA) is 15.3 Å². The van der Waals surface area contributed by atoms with E-state index in [-0.39, 0.29) is 0 Å². The lowest BCUT2D eigenvalue weighted by molar-refractivity contribution is 0.356. The number of hydrogen-bond acceptors (Lipinski definition) is 2. The third-order valence-corrected chi connectivity index (χ3v) is 5.31. The van der Waals surface area contributed by atoms with Crippen LogP contribution in [0.15, 0.2) is 12.1 Å². The molecule has 2 heteroatoms. The highest BCUT2D eigenvalue weighted by atomic mass is 15.2. The van der Waals surface area contributed by atoms with E-state index in [9.17, 15) is 0 Å². The molecule has 0 spiro atoms. The van der Waals surface area contributed by atoms with Crippen LogP contribution in [0.2, 0.25) is 0 Å². The standard InChI is InChI=1S/C19H30N2/c1-5-8-20-16-11-17-6-7-18(12-16)21(17)19-14(3)9-13(2)10-15(19)4/h9-10,16-18,20H,5-8,11-12H2,1-4H3. The first kappa shape index (κ1) is 14.9. The second-order valence-electron chi connectivity index (χ2n) is 7.16. The Kier molecular flexibility index (Phi) is 4.26. The molecule has 1 aromatic carbocycles. The summed E-state index contributed by atoms with van der Waals surface area (Å²) in [6.45, 7) is 10.2. The first-order valence-electron chi connectivity index (χ1n) is 8.69. The van der Waals surface area contributed by atoms with Crippen LogP contribution in [-0.4, -0.2) is 24.7 Å². The minimum Gasteiger partial charge on any atom is -0.365 e. The molecule has 0 amide bonds. The quantitative estimate of drug-likeness (QED) is 0.896. The number of piperidine rings is 1. The highest BCUT2D eigenvalue weighted by Crippen LogP contribution is 2.42. The molecule has 2 heterocycles. The average molecular weight is 286 g/mol. The zero-order chi connectivity index (χ0) is 15.0. The van der Waals surface area contributed by atoms with Crippen molar-refractivity contribution in [1.82, 2.24) is 5.32 Å². The molecule has 2 fully saturated rings. The summed E-state index contributed by atoms with van der Waals surface area (Å²) in [5, 5.41) is 3.76. The lowest BCUT2D eigenvalue weighted by atomic mass is 9.94. The predicted octanol–water partition coefficient (Wildman–Crippen LogP) is 4.11. The van der Waals surface area contributed by atoms with Gasteiger partial charge in [-0.3, -0.25) is 0 Å². The van der Waals surface area contributed by atoms with Gasteiger partial charge >= 0.3 is 0 Å². The summed E-state index contributed by atoms with van der Waals surface area (Å²) in [6, 6.07) is 6.94. The SMILES string of the molecule is CCCNC1CC2CCC(C1)N2c1c(C)cc(C)cc1C. The molecular formula is C19H30N2. The van der Waals surface area contributed by atoms with E-state index in [0.29, 0.717) is 0 Å². The van der Waals surface area contributed by atoms with Crippen LogP contribution < -0.4 is 10.2 Å². The summed E-state index contributed by atoms with van der Waals surface area (Å²) in [4.78, 5) is 2.77. The number of fused-ring (bicyclic) bond motifs is 2. The van der Waals surface area contributed by atoms with Crippen molar-refractivity contribution in [2.24, 2.45) is 0 Å². The maximum absolute atomic E-state index is 3.76. The van der Waals surface area contributed by atoms with Crippen molar-refractivity contribution in [2.75, 3.05) is 11.4 Å². The lowest BCUT2D eigenvalue weighted by Crippen LogP contribution is -2.49. The van der Waals surface area contributed by atoms with Gasteiger partial charge in [-0.15, -0.1) is 0 Å². The van der Waals surface area contributed by atoms with Gasteiger partial charge in [0.2, 0.25) is 0 Å². The number of nitrogens with one attached hydrogen (secondary N) is 1. The van der Waals surface area contributed by atoms with E-state index in [1.807, 2.05) is 0 Å². The molecule has 0 radical (unpaired) electrons. The highest BCUT2D eigenvalue weighted by Gasteiger charge is 2.41. The third kappa shape index (κ3) is 2.83. The highest BCUT2D eigenvalue weighted by molar-refractivity contribution is 5.62. The largest absolute Gasteiger partial charge is 0.365 e. The van der Waals surface area contributed by atoms with Gasteiger partial charge in [-0.25, -0.2) is 0 Å². The molecule has 2 atom stereocenters. The van der Waals surface area contributed by atoms with Crippen LogP contribution in [0.5, 0.6) is 0 Å². The maximum Gasteiger partial charge on any atom is 0.0430 e. The average Bonchev–Trinajstić information content (AvgIpc) is 2.68. The fourth-order valence-corrected chi connectivity index (χ4v) is 4.64. The molecule has 2 saturated heterocycles. The zero-order valence-electron chi connectivity index (χ0n) is 14.1. The van der Waals surface area contributed by atoms with Gasteiger partial charge in [0.1, 0.15) is 0 Å². The first-order chi connectivity index (χ1) is 10.1. The summed E-state index contributed by atoms with van der Waals surface area (Å²) in [6.07, 6.45) is 6.64. The molecule has 0 saturated carbocycles. The number of nitrogens with zero attached hydrogens (tertiary/aromatic N) is 1. The van der Waals surface area contributed by atoms with Gasteiger partial charge in [0.25, 0.3) is 0 Å². The molecule has 2 bridgehead atoms. The minimum atomic E-state index is 0.741. The van der Waals surface area contributed by atoms with Gasteiger partial charge in [0.15, 0.2) is 0 Å². The number of aryl methyl sites for hydroxylation is 3. The summed E-state index contributed by atoms with van der Waals surface area (Å²) in [5.41, 5.74) is 5.84. The molecule has 1 aromatic rings. The Morgan fingerprint density at radius 2 is 1.62 bits per heavy atom. The van der Waals surface area contributed by atoms with Crippen LogP contribution in [0.1, 0.15) is 55.7 Å². The molecule has 2 nitrogen and oxygen atoms in total. The Morgan fingerprint density at radius 1 is 1.05 bits per heavy atom. The van der Waals surface area contributed by atoms with Crippen molar-refractivity contribution in [3.63, 3.8) is 0 Å². The molecule has 3 rings (SSSR count). The predicted molar refractivity (Wildman–Crippen MR) is 91.3 cm³/mol. The minimum absolute atomic E-state index is 0.741. The molecule has 1 N–H and O–H groups in total. The van der Waals surface area contributed by atoms with Crippen molar-refractivity contribution >= 4 is 5.69 Å². The number of hydrogen-bond donors (Lipinski definition) is 1. The summed E-state index contributed by atoms with van der Waals surface area (Å²) in [7, 11) is 0. The van der Waals surface area contributed by atoms with Crippen molar-refractivity contribution in [2.45, 2.75) is 77.9 Å². The number of benzene rings is 1. The van der Waals surface area contributed by atoms with E-state index in [1.54, 1.807) is 0 Å². The Hall–Kier alpha value is -1.02. The Balaban J connectivity index is 1.82. The first-order valence-corrected chi connectivity index (χ1v) is 8.69. The van der Waals surface area contributed by atoms with Crippen molar-refractivity contribution in [3.8, 4) is 0 Å². The van der Waals surface area contributed by atoms with Gasteiger partial charge in [-0.2, -0.15) is 0 Å². The van der Waals surface area contributed by atoms with Gasteiger partial charge in [-0.05, 0) is 70.5 Å². The Morgan fingerprint density at radius 3 is 2.14 bits per heavy atom. The fraction of sp³-hybridized carbons (Fsp3) is 0.684. The van der Waals surface area contributed by atoms with Crippen LogP contribution in [0, 0.1) is 20.8 Å². The normalized spacial score (nSPS) is 28.2. The van der Waals surface area contributed by atoms with Crippen LogP contribution in [-0.2, 0) is 0 Å².